The second-order valence-corrected chi connectivity index (χ2v) is 3.31. The summed E-state index contributed by atoms with van der Waals surface area (Å²) in [6.45, 7) is -1.05. The number of alkyl halides is 2. The van der Waals surface area contributed by atoms with Crippen LogP contribution in [0.2, 0.25) is 5.02 Å². The molecule has 1 heterocycles. The Balaban J connectivity index is 3.00. The van der Waals surface area contributed by atoms with Crippen molar-refractivity contribution in [2.24, 2.45) is 0 Å². The summed E-state index contributed by atoms with van der Waals surface area (Å²) in [4.78, 5) is 18.1. The minimum atomic E-state index is -2.61. The zero-order chi connectivity index (χ0) is 12.1. The smallest absolute Gasteiger partial charge is 0.271 e. The Morgan fingerprint density at radius 1 is 1.62 bits per heavy atom. The van der Waals surface area contributed by atoms with Gasteiger partial charge in [0, 0.05) is 6.54 Å². The van der Waals surface area contributed by atoms with E-state index in [2.05, 4.69) is 9.97 Å². The lowest BCUT2D eigenvalue weighted by Gasteiger charge is -2.22. The van der Waals surface area contributed by atoms with Crippen LogP contribution in [0.4, 0.5) is 14.6 Å². The highest BCUT2D eigenvalue weighted by Crippen LogP contribution is 2.18. The molecule has 0 atom stereocenters. The van der Waals surface area contributed by atoms with E-state index in [0.29, 0.717) is 0 Å². The highest BCUT2D eigenvalue weighted by atomic mass is 35.5. The predicted molar refractivity (Wildman–Crippen MR) is 55.2 cm³/mol. The molecule has 0 amide bonds. The van der Waals surface area contributed by atoms with Crippen molar-refractivity contribution in [3.8, 4) is 0 Å². The maximum absolute atomic E-state index is 12.2. The maximum Gasteiger partial charge on any atom is 0.271 e. The lowest BCUT2D eigenvalue weighted by molar-refractivity contribution is 0.152. The number of rotatable bonds is 5. The largest absolute Gasteiger partial charge is 0.395 e. The van der Waals surface area contributed by atoms with Crippen molar-refractivity contribution < 1.29 is 13.9 Å². The molecular weight excluding hydrogens is 244 g/mol. The zero-order valence-corrected chi connectivity index (χ0v) is 8.92. The summed E-state index contributed by atoms with van der Waals surface area (Å²) in [5.74, 6) is -0.0558. The van der Waals surface area contributed by atoms with Gasteiger partial charge < -0.3 is 15.0 Å². The molecular formula is C8H10ClF2N3O2. The molecule has 5 nitrogen and oxygen atoms in total. The first kappa shape index (κ1) is 12.9. The summed E-state index contributed by atoms with van der Waals surface area (Å²) in [5.41, 5.74) is -0.608. The third kappa shape index (κ3) is 3.14. The van der Waals surface area contributed by atoms with Crippen LogP contribution >= 0.6 is 11.6 Å². The average molecular weight is 254 g/mol. The van der Waals surface area contributed by atoms with Crippen molar-refractivity contribution in [1.82, 2.24) is 9.97 Å². The van der Waals surface area contributed by atoms with Gasteiger partial charge in [-0.2, -0.15) is 0 Å². The molecule has 0 saturated heterocycles. The van der Waals surface area contributed by atoms with Crippen LogP contribution in [0.1, 0.15) is 0 Å². The van der Waals surface area contributed by atoms with Crippen LogP contribution in [0.5, 0.6) is 0 Å². The van der Waals surface area contributed by atoms with Gasteiger partial charge in [-0.1, -0.05) is 11.6 Å². The Bertz CT molecular complexity index is 399. The number of nitrogens with one attached hydrogen (secondary N) is 1. The number of H-pyrrole nitrogens is 1. The number of aromatic nitrogens is 2. The topological polar surface area (TPSA) is 69.2 Å². The average Bonchev–Trinajstić information content (AvgIpc) is 2.21. The number of aromatic amines is 1. The van der Waals surface area contributed by atoms with E-state index in [1.165, 1.54) is 0 Å². The van der Waals surface area contributed by atoms with Crippen molar-refractivity contribution in [2.75, 3.05) is 24.6 Å². The standard InChI is InChI=1S/C8H10ClF2N3O2/c9-6-7(12-4-13-8(6)16)14(1-2-15)3-5(10)11/h4-5,15H,1-3H2,(H,12,13,16). The molecule has 0 radical (unpaired) electrons. The molecule has 0 aliphatic heterocycles. The lowest BCUT2D eigenvalue weighted by Crippen LogP contribution is -2.33. The first-order valence-corrected chi connectivity index (χ1v) is 4.81. The fourth-order valence-corrected chi connectivity index (χ4v) is 1.39. The van der Waals surface area contributed by atoms with Crippen molar-refractivity contribution in [3.05, 3.63) is 21.7 Å². The Labute approximate surface area is 94.7 Å². The van der Waals surface area contributed by atoms with Crippen molar-refractivity contribution in [3.63, 3.8) is 0 Å². The van der Waals surface area contributed by atoms with E-state index in [0.717, 1.165) is 11.2 Å². The molecule has 16 heavy (non-hydrogen) atoms. The zero-order valence-electron chi connectivity index (χ0n) is 8.16. The third-order valence-electron chi connectivity index (χ3n) is 1.81. The minimum Gasteiger partial charge on any atom is -0.395 e. The summed E-state index contributed by atoms with van der Waals surface area (Å²) in [6, 6.07) is 0. The van der Waals surface area contributed by atoms with Crippen LogP contribution in [-0.4, -0.2) is 41.2 Å². The van der Waals surface area contributed by atoms with E-state index in [1.807, 2.05) is 0 Å². The summed E-state index contributed by atoms with van der Waals surface area (Å²) in [5, 5.41) is 8.46. The molecule has 2 N–H and O–H groups in total. The molecule has 0 fully saturated rings. The van der Waals surface area contributed by atoms with E-state index in [4.69, 9.17) is 16.7 Å². The second-order valence-electron chi connectivity index (χ2n) is 2.93. The number of hydrogen-bond donors (Lipinski definition) is 2. The van der Waals surface area contributed by atoms with E-state index >= 15 is 0 Å². The first-order chi connectivity index (χ1) is 7.56. The van der Waals surface area contributed by atoms with Gasteiger partial charge in [-0.15, -0.1) is 0 Å². The van der Waals surface area contributed by atoms with Crippen molar-refractivity contribution >= 4 is 17.4 Å². The number of nitrogens with zero attached hydrogens (tertiary/aromatic N) is 2. The van der Waals surface area contributed by atoms with Crippen LogP contribution < -0.4 is 10.5 Å². The Hall–Kier alpha value is -1.21. The fraction of sp³-hybridized carbons (Fsp3) is 0.500. The van der Waals surface area contributed by atoms with Crippen molar-refractivity contribution in [1.29, 1.82) is 0 Å². The van der Waals surface area contributed by atoms with Gasteiger partial charge in [-0.05, 0) is 0 Å². The Morgan fingerprint density at radius 3 is 2.88 bits per heavy atom. The van der Waals surface area contributed by atoms with Crippen LogP contribution in [0.25, 0.3) is 0 Å². The Morgan fingerprint density at radius 2 is 2.31 bits per heavy atom. The van der Waals surface area contributed by atoms with Crippen LogP contribution in [0.3, 0.4) is 0 Å². The highest BCUT2D eigenvalue weighted by Gasteiger charge is 2.17. The van der Waals surface area contributed by atoms with E-state index in [-0.39, 0.29) is 24.0 Å². The summed E-state index contributed by atoms with van der Waals surface area (Å²) >= 11 is 5.63. The van der Waals surface area contributed by atoms with Crippen molar-refractivity contribution in [2.45, 2.75) is 6.43 Å². The van der Waals surface area contributed by atoms with Gasteiger partial charge in [-0.3, -0.25) is 4.79 Å². The predicted octanol–water partition coefficient (Wildman–Crippen LogP) is 0.487. The molecule has 90 valence electrons. The molecule has 0 aliphatic carbocycles. The minimum absolute atomic E-state index is 0.0558. The summed E-state index contributed by atoms with van der Waals surface area (Å²) < 4.78 is 24.5. The normalized spacial score (nSPS) is 10.8. The molecule has 1 rings (SSSR count). The number of hydrogen-bond acceptors (Lipinski definition) is 4. The quantitative estimate of drug-likeness (QED) is 0.801. The SMILES string of the molecule is O=c1[nH]cnc(N(CCO)CC(F)F)c1Cl. The molecule has 0 saturated carbocycles. The lowest BCUT2D eigenvalue weighted by atomic mass is 10.4. The maximum atomic E-state index is 12.2. The summed E-state index contributed by atoms with van der Waals surface area (Å²) in [6.07, 6.45) is -1.54. The van der Waals surface area contributed by atoms with Gasteiger partial charge in [0.25, 0.3) is 12.0 Å². The molecule has 1 aromatic heterocycles. The van der Waals surface area contributed by atoms with E-state index in [9.17, 15) is 13.6 Å². The molecule has 0 spiro atoms. The highest BCUT2D eigenvalue weighted by molar-refractivity contribution is 6.32. The van der Waals surface area contributed by atoms with Gasteiger partial charge in [0.1, 0.15) is 5.02 Å². The van der Waals surface area contributed by atoms with Gasteiger partial charge >= 0.3 is 0 Å². The number of aliphatic hydroxyl groups excluding tert-OH is 1. The van der Waals surface area contributed by atoms with E-state index in [1.54, 1.807) is 0 Å². The number of halogens is 3. The molecule has 8 heteroatoms. The molecule has 1 aromatic rings. The molecule has 0 aromatic carbocycles. The number of aliphatic hydroxyl groups is 1. The molecule has 0 aliphatic rings. The fourth-order valence-electron chi connectivity index (χ4n) is 1.17. The Kier molecular flexibility index (Phi) is 4.63. The molecule has 0 unspecified atom stereocenters. The monoisotopic (exact) mass is 253 g/mol. The first-order valence-electron chi connectivity index (χ1n) is 4.43. The van der Waals surface area contributed by atoms with Crippen LogP contribution in [0.15, 0.2) is 11.1 Å². The van der Waals surface area contributed by atoms with Gasteiger partial charge in [0.2, 0.25) is 0 Å². The van der Waals surface area contributed by atoms with Gasteiger partial charge in [0.05, 0.1) is 19.5 Å². The van der Waals surface area contributed by atoms with Crippen LogP contribution in [0, 0.1) is 0 Å². The second kappa shape index (κ2) is 5.76. The van der Waals surface area contributed by atoms with Crippen LogP contribution in [-0.2, 0) is 0 Å². The third-order valence-corrected chi connectivity index (χ3v) is 2.15. The van der Waals surface area contributed by atoms with E-state index < -0.39 is 18.5 Å². The molecule has 0 bridgehead atoms. The van der Waals surface area contributed by atoms with Gasteiger partial charge in [-0.25, -0.2) is 13.8 Å². The van der Waals surface area contributed by atoms with Gasteiger partial charge in [0.15, 0.2) is 5.82 Å². The number of anilines is 1. The summed E-state index contributed by atoms with van der Waals surface area (Å²) in [7, 11) is 0.